The van der Waals surface area contributed by atoms with Crippen LogP contribution in [0.3, 0.4) is 0 Å². The molecule has 1 N–H and O–H groups in total. The van der Waals surface area contributed by atoms with Gasteiger partial charge in [0.1, 0.15) is 125 Å². The molecule has 16 rings (SSSR count). The fourth-order valence-electron chi connectivity index (χ4n) is 12.4. The number of pyridine rings is 3. The zero-order valence-electron chi connectivity index (χ0n) is 59.1. The Labute approximate surface area is 612 Å². The van der Waals surface area contributed by atoms with E-state index in [0.29, 0.717) is 103 Å². The topological polar surface area (TPSA) is 262 Å². The van der Waals surface area contributed by atoms with Crippen LogP contribution in [-0.4, -0.2) is 131 Å². The van der Waals surface area contributed by atoms with Crippen LogP contribution < -0.4 is 38.6 Å². The van der Waals surface area contributed by atoms with Crippen LogP contribution in [-0.2, 0) is 27.6 Å². The lowest BCUT2D eigenvalue weighted by atomic mass is 10.1. The van der Waals surface area contributed by atoms with Gasteiger partial charge in [0.05, 0.1) is 66.6 Å². The largest absolute Gasteiger partial charge is 0.497 e. The number of para-hydroxylation sites is 3. The monoisotopic (exact) mass is 1480 g/mol. The average molecular weight is 1480 g/mol. The van der Waals surface area contributed by atoms with E-state index in [1.165, 1.54) is 0 Å². The lowest BCUT2D eigenvalue weighted by Gasteiger charge is -2.35. The van der Waals surface area contributed by atoms with Gasteiger partial charge in [-0.2, -0.15) is 0 Å². The lowest BCUT2D eigenvalue weighted by molar-refractivity contribution is 0.0499. The number of rotatable bonds is 19. The molecule has 0 bridgehead atoms. The first-order valence-electron chi connectivity index (χ1n) is 33.4. The van der Waals surface area contributed by atoms with Gasteiger partial charge in [-0.15, -0.1) is 0 Å². The number of hydrogen-bond donors (Lipinski definition) is 1. The molecule has 0 fully saturated rings. The van der Waals surface area contributed by atoms with Gasteiger partial charge in [-0.3, -0.25) is 19.0 Å². The molecule has 0 radical (unpaired) electrons. The summed E-state index contributed by atoms with van der Waals surface area (Å²) in [6, 6.07) is 51.0. The van der Waals surface area contributed by atoms with Gasteiger partial charge in [0, 0.05) is 29.2 Å². The summed E-state index contributed by atoms with van der Waals surface area (Å²) >= 11 is 3.47. The van der Waals surface area contributed by atoms with E-state index in [1.807, 2.05) is 154 Å². The number of aryl methyl sites for hydroxylation is 3. The summed E-state index contributed by atoms with van der Waals surface area (Å²) in [6.45, 7) is 8.26. The van der Waals surface area contributed by atoms with Crippen molar-refractivity contribution in [3.05, 3.63) is 249 Å². The first-order chi connectivity index (χ1) is 51.3. The third-order valence-electron chi connectivity index (χ3n) is 17.9. The van der Waals surface area contributed by atoms with Gasteiger partial charge in [0.15, 0.2) is 17.5 Å². The molecule has 8 aromatic heterocycles. The lowest BCUT2D eigenvalue weighted by Crippen LogP contribution is -2.40. The third kappa shape index (κ3) is 14.9. The van der Waals surface area contributed by atoms with Crippen molar-refractivity contribution in [1.82, 2.24) is 49.3 Å². The van der Waals surface area contributed by atoms with E-state index in [-0.39, 0.29) is 18.1 Å². The summed E-state index contributed by atoms with van der Waals surface area (Å²) < 4.78 is 60.8. The summed E-state index contributed by atoms with van der Waals surface area (Å²) in [5.74, 6) is 7.93. The molecule has 3 aliphatic rings. The number of ether oxygens (including phenoxy) is 7. The molecule has 27 heteroatoms. The molecule has 0 amide bonds. The van der Waals surface area contributed by atoms with Crippen LogP contribution in [0.15, 0.2) is 216 Å². The standard InChI is InChI=1S/C30H29N5O5.C26H24BrN3O4.C22H21N5O4/c1-19-6-5-7-21-14-26(40-28(19)21)25-17-39-33-29(35(25)15-20-8-10-22(36-2)11-9-20)23-12-13-24(30(32-23)38-4)34-16-27(37-3)31-18-34;1-16-5-4-6-18-13-23(34-24(16)18)22-15-33-29-25(21-12-11-20(27)26(28-21)32-3)30(22)14-17-7-9-19(31-2)10-8-17;1-13-5-4-6-14-9-18(31-20(13)14)16-11-30-26-21(24-16)15-7-8-17(22(25-15)29-3)27-10-19(28-2)23-12-27/h5-14,16,18,25H,15,17H2,1-4H3;4-13,22H,14-15H2,1-3H3;4-10,12,16H,11H2,1-3H3,(H,24,26). The van der Waals surface area contributed by atoms with E-state index in [2.05, 4.69) is 85.7 Å². The van der Waals surface area contributed by atoms with Crippen LogP contribution in [0.1, 0.15) is 80.3 Å². The van der Waals surface area contributed by atoms with Gasteiger partial charge in [-0.05, 0) is 143 Å². The van der Waals surface area contributed by atoms with Crippen molar-refractivity contribution in [2.24, 2.45) is 15.3 Å². The van der Waals surface area contributed by atoms with Crippen LogP contribution in [0.25, 0.3) is 44.3 Å². The van der Waals surface area contributed by atoms with Gasteiger partial charge < -0.3 is 65.9 Å². The van der Waals surface area contributed by atoms with Crippen LogP contribution >= 0.6 is 15.9 Å². The first kappa shape index (κ1) is 69.7. The van der Waals surface area contributed by atoms with Gasteiger partial charge in [0.2, 0.25) is 29.4 Å². The smallest absolute Gasteiger partial charge is 0.238 e. The van der Waals surface area contributed by atoms with E-state index >= 15 is 0 Å². The molecule has 0 spiro atoms. The molecule has 3 aliphatic heterocycles. The summed E-state index contributed by atoms with van der Waals surface area (Å²) in [7, 11) is 11.2. The number of methoxy groups -OCH3 is 7. The molecule has 0 saturated heterocycles. The minimum absolute atomic E-state index is 0.196. The Balaban J connectivity index is 0.000000134. The molecule has 11 heterocycles. The molecule has 26 nitrogen and oxygen atoms in total. The second kappa shape index (κ2) is 31.1. The van der Waals surface area contributed by atoms with Gasteiger partial charge in [-0.1, -0.05) is 89.2 Å². The maximum absolute atomic E-state index is 6.40. The van der Waals surface area contributed by atoms with E-state index in [1.54, 1.807) is 84.0 Å². The number of hydrogen-bond acceptors (Lipinski definition) is 24. The van der Waals surface area contributed by atoms with Crippen molar-refractivity contribution in [2.75, 3.05) is 69.6 Å². The zero-order chi connectivity index (χ0) is 72.7. The Morgan fingerprint density at radius 2 is 0.886 bits per heavy atom. The van der Waals surface area contributed by atoms with E-state index in [9.17, 15) is 0 Å². The maximum atomic E-state index is 6.40. The number of imidazole rings is 2. The predicted molar refractivity (Wildman–Crippen MR) is 396 cm³/mol. The van der Waals surface area contributed by atoms with Crippen molar-refractivity contribution in [3.8, 4) is 52.3 Å². The summed E-state index contributed by atoms with van der Waals surface area (Å²) in [4.78, 5) is 48.6. The maximum Gasteiger partial charge on any atom is 0.238 e. The molecule has 5 aromatic carbocycles. The molecular formula is C78H74BrN13O13. The Morgan fingerprint density at radius 3 is 1.32 bits per heavy atom. The van der Waals surface area contributed by atoms with E-state index in [0.717, 1.165) is 99.7 Å². The number of aromatic nitrogens is 7. The molecule has 0 saturated carbocycles. The highest BCUT2D eigenvalue weighted by Crippen LogP contribution is 2.38. The molecule has 13 aromatic rings. The Hall–Kier alpha value is -12.4. The number of nitrogens with zero attached hydrogens (tertiary/aromatic N) is 12. The highest BCUT2D eigenvalue weighted by atomic mass is 79.9. The molecule has 105 heavy (non-hydrogen) atoms. The van der Waals surface area contributed by atoms with Crippen LogP contribution in [0, 0.1) is 20.8 Å². The fourth-order valence-corrected chi connectivity index (χ4v) is 12.8. The zero-order valence-corrected chi connectivity index (χ0v) is 60.7. The number of hydroxylamine groups is 1. The second-order valence-corrected chi connectivity index (χ2v) is 25.4. The van der Waals surface area contributed by atoms with Gasteiger partial charge in [-0.25, -0.2) is 30.4 Å². The Kier molecular flexibility index (Phi) is 20.6. The fraction of sp³-hybridized carbons (Fsp3) is 0.231. The van der Waals surface area contributed by atoms with Crippen LogP contribution in [0.4, 0.5) is 0 Å². The SMILES string of the molecule is COc1ccc(CN2C(c3ccc(-n4cnc(OC)c4)c(OC)n3)=NOCC2c2cc3cccc(C)c3o2)cc1.COc1ccc(CN2C(c3ccc(Br)c(OC)n3)=NOCC2c2cc3cccc(C)c3o2)cc1.COc1cn(-c2ccc(C3=NC(c4cc5cccc(C)c5o4)CON3)nc2OC)cn1. The molecule has 3 atom stereocenters. The van der Waals surface area contributed by atoms with E-state index < -0.39 is 0 Å². The number of halogens is 1. The molecule has 3 unspecified atom stereocenters. The Morgan fingerprint density at radius 1 is 0.457 bits per heavy atom. The summed E-state index contributed by atoms with van der Waals surface area (Å²) in [6.07, 6.45) is 6.79. The third-order valence-corrected chi connectivity index (χ3v) is 18.5. The molecule has 536 valence electrons. The summed E-state index contributed by atoms with van der Waals surface area (Å²) in [5, 5.41) is 12.0. The van der Waals surface area contributed by atoms with Crippen molar-refractivity contribution in [2.45, 2.75) is 52.0 Å². The second-order valence-electron chi connectivity index (χ2n) is 24.5. The number of benzene rings is 5. The number of aliphatic imine (C=N–C) groups is 1. The Bertz CT molecular complexity index is 5340. The van der Waals surface area contributed by atoms with Crippen molar-refractivity contribution >= 4 is 66.3 Å². The van der Waals surface area contributed by atoms with Crippen molar-refractivity contribution < 1.29 is 60.9 Å². The molecular weight excluding hydrogens is 1410 g/mol. The number of nitrogens with one attached hydrogen (secondary N) is 1. The van der Waals surface area contributed by atoms with E-state index in [4.69, 9.17) is 70.9 Å². The number of oxime groups is 2. The predicted octanol–water partition coefficient (Wildman–Crippen LogP) is 14.5. The number of fused-ring (bicyclic) bond motifs is 3. The quantitative estimate of drug-likeness (QED) is 0.0788. The number of furan rings is 3. The van der Waals surface area contributed by atoms with Crippen molar-refractivity contribution in [1.29, 1.82) is 0 Å². The van der Waals surface area contributed by atoms with Crippen LogP contribution in [0.5, 0.6) is 40.9 Å². The minimum Gasteiger partial charge on any atom is -0.497 e. The van der Waals surface area contributed by atoms with Gasteiger partial charge >= 0.3 is 0 Å². The normalized spacial score (nSPS) is 15.6. The first-order valence-corrected chi connectivity index (χ1v) is 34.2. The highest BCUT2D eigenvalue weighted by Gasteiger charge is 2.36. The van der Waals surface area contributed by atoms with Crippen molar-refractivity contribution in [3.63, 3.8) is 0 Å². The average Bonchev–Trinajstić information content (AvgIpc) is 1.76. The van der Waals surface area contributed by atoms with Crippen LogP contribution in [0.2, 0.25) is 0 Å². The number of amidine groups is 3. The van der Waals surface area contributed by atoms with Gasteiger partial charge in [0.25, 0.3) is 0 Å². The summed E-state index contributed by atoms with van der Waals surface area (Å²) in [5.41, 5.74) is 14.2. The molecule has 0 aliphatic carbocycles. The highest BCUT2D eigenvalue weighted by molar-refractivity contribution is 9.10. The minimum atomic E-state index is -0.284.